The van der Waals surface area contributed by atoms with Gasteiger partial charge in [-0.05, 0) is 18.2 Å². The summed E-state index contributed by atoms with van der Waals surface area (Å²) in [5.74, 6) is 0.900. The number of benzene rings is 1. The number of rotatable bonds is 0. The van der Waals surface area contributed by atoms with E-state index >= 15 is 0 Å². The minimum Gasteiger partial charge on any atom is -0.376 e. The predicted octanol–water partition coefficient (Wildman–Crippen LogP) is 2.35. The molecule has 3 rings (SSSR count). The van der Waals surface area contributed by atoms with Gasteiger partial charge in [-0.1, -0.05) is 0 Å². The second kappa shape index (κ2) is 3.38. The Morgan fingerprint density at radius 3 is 2.88 bits per heavy atom. The van der Waals surface area contributed by atoms with Gasteiger partial charge in [-0.2, -0.15) is 13.2 Å². The second-order valence-electron chi connectivity index (χ2n) is 4.03. The molecule has 2 heterocycles. The Labute approximate surface area is 95.9 Å². The third-order valence-corrected chi connectivity index (χ3v) is 2.98. The van der Waals surface area contributed by atoms with Crippen LogP contribution in [0.1, 0.15) is 5.56 Å². The number of fused-ring (bicyclic) bond motifs is 3. The third-order valence-electron chi connectivity index (χ3n) is 2.98. The quantitative estimate of drug-likeness (QED) is 0.755. The normalized spacial score (nSPS) is 18.3. The number of amidine groups is 1. The van der Waals surface area contributed by atoms with Crippen molar-refractivity contribution >= 4 is 17.2 Å². The monoisotopic (exact) mass is 241 g/mol. The number of hydrogen-bond acceptors (Lipinski definition) is 3. The Hall–Kier alpha value is -1.72. The average molecular weight is 241 g/mol. The number of nitrogens with zero attached hydrogens (tertiary/aromatic N) is 2. The van der Waals surface area contributed by atoms with Crippen LogP contribution in [0.3, 0.4) is 0 Å². The molecule has 0 saturated carbocycles. The highest BCUT2D eigenvalue weighted by Gasteiger charge is 2.33. The van der Waals surface area contributed by atoms with Gasteiger partial charge in [-0.3, -0.25) is 4.99 Å². The third kappa shape index (κ3) is 1.64. The molecule has 90 valence electrons. The molecule has 3 nitrogen and oxygen atoms in total. The number of aliphatic imine (C=N–C) groups is 1. The number of hydrogen-bond donors (Lipinski definition) is 1. The Morgan fingerprint density at radius 2 is 2.12 bits per heavy atom. The Bertz CT molecular complexity index is 493. The molecule has 1 N–H and O–H groups in total. The predicted molar refractivity (Wildman–Crippen MR) is 59.6 cm³/mol. The molecule has 0 aromatic heterocycles. The van der Waals surface area contributed by atoms with E-state index in [0.29, 0.717) is 18.8 Å². The van der Waals surface area contributed by atoms with Gasteiger partial charge in [-0.25, -0.2) is 0 Å². The molecule has 0 aliphatic carbocycles. The van der Waals surface area contributed by atoms with Crippen LogP contribution in [0, 0.1) is 0 Å². The first kappa shape index (κ1) is 10.4. The standard InChI is InChI=1S/C11H10F3N3/c12-11(13,14)7-1-2-9-8(5-7)16-6-10-15-3-4-17(9)10/h1-2,5,16H,3-4,6H2. The van der Waals surface area contributed by atoms with Crippen molar-refractivity contribution in [3.63, 3.8) is 0 Å². The smallest absolute Gasteiger partial charge is 0.376 e. The highest BCUT2D eigenvalue weighted by Crippen LogP contribution is 2.37. The van der Waals surface area contributed by atoms with Crippen molar-refractivity contribution in [2.24, 2.45) is 4.99 Å². The van der Waals surface area contributed by atoms with E-state index in [9.17, 15) is 13.2 Å². The molecular weight excluding hydrogens is 231 g/mol. The van der Waals surface area contributed by atoms with Gasteiger partial charge in [0.05, 0.1) is 30.0 Å². The van der Waals surface area contributed by atoms with E-state index in [1.54, 1.807) is 0 Å². The molecule has 0 bridgehead atoms. The van der Waals surface area contributed by atoms with Gasteiger partial charge in [-0.15, -0.1) is 0 Å². The molecule has 0 atom stereocenters. The van der Waals surface area contributed by atoms with E-state index in [1.807, 2.05) is 4.90 Å². The lowest BCUT2D eigenvalue weighted by Gasteiger charge is -2.29. The molecule has 0 saturated heterocycles. The molecule has 17 heavy (non-hydrogen) atoms. The van der Waals surface area contributed by atoms with Crippen LogP contribution in [0.5, 0.6) is 0 Å². The molecule has 2 aliphatic heterocycles. The molecule has 0 fully saturated rings. The van der Waals surface area contributed by atoms with Crippen LogP contribution >= 0.6 is 0 Å². The zero-order chi connectivity index (χ0) is 12.0. The Balaban J connectivity index is 2.03. The van der Waals surface area contributed by atoms with E-state index in [2.05, 4.69) is 10.3 Å². The summed E-state index contributed by atoms with van der Waals surface area (Å²) in [6.07, 6.45) is -4.30. The van der Waals surface area contributed by atoms with E-state index in [-0.39, 0.29) is 0 Å². The van der Waals surface area contributed by atoms with Crippen LogP contribution in [0.4, 0.5) is 24.5 Å². The first-order valence-electron chi connectivity index (χ1n) is 5.32. The zero-order valence-electron chi connectivity index (χ0n) is 8.88. The average Bonchev–Trinajstić information content (AvgIpc) is 2.75. The van der Waals surface area contributed by atoms with Gasteiger partial charge in [0.15, 0.2) is 0 Å². The van der Waals surface area contributed by atoms with Crippen LogP contribution < -0.4 is 10.2 Å². The van der Waals surface area contributed by atoms with Crippen molar-refractivity contribution in [1.29, 1.82) is 0 Å². The zero-order valence-corrected chi connectivity index (χ0v) is 8.88. The van der Waals surface area contributed by atoms with E-state index < -0.39 is 11.7 Å². The van der Waals surface area contributed by atoms with Gasteiger partial charge in [0, 0.05) is 6.54 Å². The van der Waals surface area contributed by atoms with Crippen molar-refractivity contribution < 1.29 is 13.2 Å². The van der Waals surface area contributed by atoms with Crippen LogP contribution in [0.15, 0.2) is 23.2 Å². The Morgan fingerprint density at radius 1 is 1.29 bits per heavy atom. The van der Waals surface area contributed by atoms with Crippen molar-refractivity contribution in [2.45, 2.75) is 6.18 Å². The van der Waals surface area contributed by atoms with Crippen molar-refractivity contribution in [2.75, 3.05) is 29.9 Å². The number of alkyl halides is 3. The van der Waals surface area contributed by atoms with Gasteiger partial charge in [0.25, 0.3) is 0 Å². The maximum atomic E-state index is 12.6. The maximum absolute atomic E-state index is 12.6. The first-order chi connectivity index (χ1) is 8.05. The topological polar surface area (TPSA) is 27.6 Å². The fourth-order valence-corrected chi connectivity index (χ4v) is 2.17. The highest BCUT2D eigenvalue weighted by molar-refractivity contribution is 6.07. The molecule has 0 spiro atoms. The molecule has 6 heteroatoms. The van der Waals surface area contributed by atoms with Gasteiger partial charge in [0.1, 0.15) is 5.84 Å². The van der Waals surface area contributed by atoms with E-state index in [0.717, 1.165) is 30.2 Å². The fraction of sp³-hybridized carbons (Fsp3) is 0.364. The largest absolute Gasteiger partial charge is 0.416 e. The van der Waals surface area contributed by atoms with Gasteiger partial charge < -0.3 is 10.2 Å². The second-order valence-corrected chi connectivity index (χ2v) is 4.03. The number of nitrogens with one attached hydrogen (secondary N) is 1. The lowest BCUT2D eigenvalue weighted by Crippen LogP contribution is -2.37. The number of halogens is 3. The summed E-state index contributed by atoms with van der Waals surface area (Å²) in [5, 5.41) is 2.97. The number of anilines is 2. The van der Waals surface area contributed by atoms with Crippen LogP contribution in [0.25, 0.3) is 0 Å². The summed E-state index contributed by atoms with van der Waals surface area (Å²) in [6.45, 7) is 1.95. The molecule has 1 aromatic rings. The minimum atomic E-state index is -4.30. The molecule has 1 aromatic carbocycles. The Kier molecular flexibility index (Phi) is 2.08. The summed E-state index contributed by atoms with van der Waals surface area (Å²) < 4.78 is 37.7. The van der Waals surface area contributed by atoms with E-state index in [4.69, 9.17) is 0 Å². The molecule has 0 radical (unpaired) electrons. The molecule has 2 aliphatic rings. The summed E-state index contributed by atoms with van der Waals surface area (Å²) in [5.41, 5.74) is 0.685. The summed E-state index contributed by atoms with van der Waals surface area (Å²) in [4.78, 5) is 6.25. The first-order valence-corrected chi connectivity index (χ1v) is 5.32. The highest BCUT2D eigenvalue weighted by atomic mass is 19.4. The maximum Gasteiger partial charge on any atom is 0.416 e. The van der Waals surface area contributed by atoms with Gasteiger partial charge >= 0.3 is 6.18 Å². The molecule has 0 amide bonds. The lowest BCUT2D eigenvalue weighted by atomic mass is 10.1. The van der Waals surface area contributed by atoms with Crippen molar-refractivity contribution in [1.82, 2.24) is 0 Å². The fourth-order valence-electron chi connectivity index (χ4n) is 2.17. The van der Waals surface area contributed by atoms with Crippen LogP contribution in [-0.4, -0.2) is 25.5 Å². The molecular formula is C11H10F3N3. The van der Waals surface area contributed by atoms with E-state index in [1.165, 1.54) is 6.07 Å². The molecule has 0 unspecified atom stereocenters. The van der Waals surface area contributed by atoms with Crippen LogP contribution in [-0.2, 0) is 6.18 Å². The lowest BCUT2D eigenvalue weighted by molar-refractivity contribution is -0.137. The SMILES string of the molecule is FC(F)(F)c1ccc2c(c1)NCC1=NCCN12. The minimum absolute atomic E-state index is 0.494. The van der Waals surface area contributed by atoms with Gasteiger partial charge in [0.2, 0.25) is 0 Å². The summed E-state index contributed by atoms with van der Waals surface area (Å²) >= 11 is 0. The summed E-state index contributed by atoms with van der Waals surface area (Å²) in [7, 11) is 0. The summed E-state index contributed by atoms with van der Waals surface area (Å²) in [6, 6.07) is 3.78. The van der Waals surface area contributed by atoms with Crippen LogP contribution in [0.2, 0.25) is 0 Å². The van der Waals surface area contributed by atoms with Crippen molar-refractivity contribution in [3.05, 3.63) is 23.8 Å². The van der Waals surface area contributed by atoms with Crippen molar-refractivity contribution in [3.8, 4) is 0 Å².